The fraction of sp³-hybridized carbons (Fsp3) is 0.125. The summed E-state index contributed by atoms with van der Waals surface area (Å²) in [6, 6.07) is 8.23. The lowest BCUT2D eigenvalue weighted by Crippen LogP contribution is -2.26. The summed E-state index contributed by atoms with van der Waals surface area (Å²) in [5, 5.41) is 12.0. The molecule has 0 fully saturated rings. The Morgan fingerprint density at radius 3 is 2.04 bits per heavy atom. The third kappa shape index (κ3) is 2.54. The lowest BCUT2D eigenvalue weighted by Gasteiger charge is -2.22. The van der Waals surface area contributed by atoms with Gasteiger partial charge in [-0.15, -0.1) is 0 Å². The van der Waals surface area contributed by atoms with Crippen LogP contribution in [0, 0.1) is 0 Å². The second-order valence-electron chi connectivity index (χ2n) is 5.05. The van der Waals surface area contributed by atoms with Crippen LogP contribution in [0.4, 0.5) is 18.9 Å². The molecule has 2 aromatic carbocycles. The molecule has 2 aromatic rings. The number of hydrogen-bond donors (Lipinski definition) is 2. The highest BCUT2D eigenvalue weighted by atomic mass is 19.4. The number of benzene rings is 2. The normalized spacial score (nSPS) is 13.5. The number of nitrogens with one attached hydrogen (secondary N) is 1. The van der Waals surface area contributed by atoms with E-state index >= 15 is 0 Å². The van der Waals surface area contributed by atoms with Crippen LogP contribution in [0.25, 0.3) is 0 Å². The third-order valence-electron chi connectivity index (χ3n) is 3.53. The molecule has 0 amide bonds. The largest absolute Gasteiger partial charge is 0.507 e. The van der Waals surface area contributed by atoms with E-state index in [4.69, 9.17) is 0 Å². The number of carbonyl (C=O) groups is 2. The number of rotatable bonds is 2. The fourth-order valence-corrected chi connectivity index (χ4v) is 2.55. The molecule has 1 aliphatic carbocycles. The molecule has 23 heavy (non-hydrogen) atoms. The second kappa shape index (κ2) is 5.12. The van der Waals surface area contributed by atoms with Gasteiger partial charge >= 0.3 is 6.18 Å². The van der Waals surface area contributed by atoms with Crippen LogP contribution in [0.2, 0.25) is 0 Å². The molecule has 3 rings (SSSR count). The first-order valence-corrected chi connectivity index (χ1v) is 6.64. The molecule has 1 aliphatic rings. The minimum absolute atomic E-state index is 0.102. The van der Waals surface area contributed by atoms with Gasteiger partial charge in [0.2, 0.25) is 0 Å². The molecule has 0 saturated heterocycles. The van der Waals surface area contributed by atoms with E-state index in [2.05, 4.69) is 5.32 Å². The Bertz CT molecular complexity index is 828. The van der Waals surface area contributed by atoms with Crippen LogP contribution < -0.4 is 5.32 Å². The number of hydrogen-bond acceptors (Lipinski definition) is 4. The van der Waals surface area contributed by atoms with Crippen molar-refractivity contribution in [2.75, 3.05) is 11.9 Å². The van der Waals surface area contributed by atoms with Gasteiger partial charge in [0.15, 0.2) is 11.6 Å². The monoisotopic (exact) mass is 321 g/mol. The van der Waals surface area contributed by atoms with Crippen molar-refractivity contribution in [1.29, 1.82) is 0 Å². The molecule has 0 saturated carbocycles. The molecule has 4 nitrogen and oxygen atoms in total. The van der Waals surface area contributed by atoms with Gasteiger partial charge in [0.05, 0.1) is 11.1 Å². The van der Waals surface area contributed by atoms with Crippen LogP contribution >= 0.6 is 0 Å². The molecule has 0 heterocycles. The number of alkyl halides is 3. The first-order chi connectivity index (χ1) is 10.8. The van der Waals surface area contributed by atoms with Crippen molar-refractivity contribution >= 4 is 17.3 Å². The summed E-state index contributed by atoms with van der Waals surface area (Å²) in [5.74, 6) is -1.63. The predicted molar refractivity (Wildman–Crippen MR) is 76.0 cm³/mol. The van der Waals surface area contributed by atoms with Crippen molar-refractivity contribution in [2.45, 2.75) is 6.18 Å². The zero-order chi connectivity index (χ0) is 16.8. The van der Waals surface area contributed by atoms with E-state index in [-0.39, 0.29) is 27.9 Å². The van der Waals surface area contributed by atoms with Crippen molar-refractivity contribution in [3.8, 4) is 5.75 Å². The maximum atomic E-state index is 12.6. The van der Waals surface area contributed by atoms with Crippen LogP contribution in [0.1, 0.15) is 31.8 Å². The van der Waals surface area contributed by atoms with Gasteiger partial charge in [-0.25, -0.2) is 0 Å². The van der Waals surface area contributed by atoms with Gasteiger partial charge in [0.25, 0.3) is 0 Å². The van der Waals surface area contributed by atoms with Crippen LogP contribution in [0.3, 0.4) is 0 Å². The fourth-order valence-electron chi connectivity index (χ4n) is 2.55. The van der Waals surface area contributed by atoms with Crippen molar-refractivity contribution in [3.05, 3.63) is 58.7 Å². The minimum atomic E-state index is -4.48. The third-order valence-corrected chi connectivity index (χ3v) is 3.53. The summed E-state index contributed by atoms with van der Waals surface area (Å²) in [6.45, 7) is -1.35. The summed E-state index contributed by atoms with van der Waals surface area (Å²) in [4.78, 5) is 25.0. The number of carbonyl (C=O) groups excluding carboxylic acids is 2. The van der Waals surface area contributed by atoms with Crippen molar-refractivity contribution < 1.29 is 27.9 Å². The topological polar surface area (TPSA) is 66.4 Å². The molecular formula is C16H10F3NO3. The highest BCUT2D eigenvalue weighted by Gasteiger charge is 2.35. The average molecular weight is 321 g/mol. The number of phenols is 1. The summed E-state index contributed by atoms with van der Waals surface area (Å²) < 4.78 is 37.2. The van der Waals surface area contributed by atoms with Crippen molar-refractivity contribution in [1.82, 2.24) is 0 Å². The smallest absolute Gasteiger partial charge is 0.405 e. The summed E-state index contributed by atoms with van der Waals surface area (Å²) in [6.07, 6.45) is -4.48. The van der Waals surface area contributed by atoms with Gasteiger partial charge in [-0.1, -0.05) is 24.3 Å². The zero-order valence-electron chi connectivity index (χ0n) is 11.6. The second-order valence-corrected chi connectivity index (χ2v) is 5.05. The first kappa shape index (κ1) is 15.1. The number of aromatic hydroxyl groups is 1. The van der Waals surface area contributed by atoms with Gasteiger partial charge in [0.1, 0.15) is 12.3 Å². The van der Waals surface area contributed by atoms with Crippen LogP contribution in [0.5, 0.6) is 5.75 Å². The summed E-state index contributed by atoms with van der Waals surface area (Å²) >= 11 is 0. The molecule has 0 radical (unpaired) electrons. The number of phenolic OH excluding ortho intramolecular Hbond substituents is 1. The summed E-state index contributed by atoms with van der Waals surface area (Å²) in [7, 11) is 0. The molecule has 0 aliphatic heterocycles. The Morgan fingerprint density at radius 2 is 1.48 bits per heavy atom. The Balaban J connectivity index is 2.15. The summed E-state index contributed by atoms with van der Waals surface area (Å²) in [5.41, 5.74) is -0.430. The molecule has 0 unspecified atom stereocenters. The SMILES string of the molecule is O=C1c2ccccc2C(=O)c2c(NCC(F)(F)F)ccc(O)c21. The maximum absolute atomic E-state index is 12.6. The minimum Gasteiger partial charge on any atom is -0.507 e. The standard InChI is InChI=1S/C16H10F3NO3/c17-16(18,19)7-20-10-5-6-11(21)13-12(10)14(22)8-3-1-2-4-9(8)15(13)23/h1-6,20-21H,7H2. The molecule has 0 spiro atoms. The van der Waals surface area contributed by atoms with E-state index in [1.54, 1.807) is 12.1 Å². The number of anilines is 1. The van der Waals surface area contributed by atoms with Gasteiger partial charge in [-0.05, 0) is 12.1 Å². The van der Waals surface area contributed by atoms with E-state index in [9.17, 15) is 27.9 Å². The molecular weight excluding hydrogens is 311 g/mol. The van der Waals surface area contributed by atoms with Crippen molar-refractivity contribution in [2.24, 2.45) is 0 Å². The number of halogens is 3. The van der Waals surface area contributed by atoms with E-state index < -0.39 is 30.0 Å². The molecule has 118 valence electrons. The van der Waals surface area contributed by atoms with Crippen LogP contribution in [-0.4, -0.2) is 29.4 Å². The Labute approximate surface area is 128 Å². The quantitative estimate of drug-likeness (QED) is 0.712. The van der Waals surface area contributed by atoms with E-state index in [0.717, 1.165) is 12.1 Å². The Morgan fingerprint density at radius 1 is 0.913 bits per heavy atom. The van der Waals surface area contributed by atoms with Crippen LogP contribution in [-0.2, 0) is 0 Å². The lowest BCUT2D eigenvalue weighted by molar-refractivity contribution is -0.115. The Hall–Kier alpha value is -2.83. The van der Waals surface area contributed by atoms with E-state index in [0.29, 0.717) is 0 Å². The Kier molecular flexibility index (Phi) is 3.35. The molecule has 0 atom stereocenters. The number of ketones is 2. The first-order valence-electron chi connectivity index (χ1n) is 6.64. The predicted octanol–water partition coefficient (Wildman–Crippen LogP) is 3.14. The number of fused-ring (bicyclic) bond motifs is 2. The molecule has 0 aromatic heterocycles. The molecule has 7 heteroatoms. The molecule has 2 N–H and O–H groups in total. The zero-order valence-corrected chi connectivity index (χ0v) is 11.6. The van der Waals surface area contributed by atoms with Gasteiger partial charge < -0.3 is 10.4 Å². The van der Waals surface area contributed by atoms with Gasteiger partial charge in [-0.3, -0.25) is 9.59 Å². The van der Waals surface area contributed by atoms with Crippen LogP contribution in [0.15, 0.2) is 36.4 Å². The molecule has 0 bridgehead atoms. The van der Waals surface area contributed by atoms with E-state index in [1.807, 2.05) is 0 Å². The van der Waals surface area contributed by atoms with Gasteiger partial charge in [-0.2, -0.15) is 13.2 Å². The highest BCUT2D eigenvalue weighted by molar-refractivity contribution is 6.31. The lowest BCUT2D eigenvalue weighted by atomic mass is 9.82. The maximum Gasteiger partial charge on any atom is 0.405 e. The average Bonchev–Trinajstić information content (AvgIpc) is 2.50. The highest BCUT2D eigenvalue weighted by Crippen LogP contribution is 2.37. The van der Waals surface area contributed by atoms with Gasteiger partial charge in [0, 0.05) is 16.8 Å². The van der Waals surface area contributed by atoms with E-state index in [1.165, 1.54) is 12.1 Å². The van der Waals surface area contributed by atoms with Crippen molar-refractivity contribution in [3.63, 3.8) is 0 Å².